The van der Waals surface area contributed by atoms with Crippen LogP contribution in [0.5, 0.6) is 0 Å². The lowest BCUT2D eigenvalue weighted by Gasteiger charge is -2.18. The van der Waals surface area contributed by atoms with E-state index in [2.05, 4.69) is 21.3 Å². The Bertz CT molecular complexity index is 1500. The minimum atomic E-state index is -1.47. The highest BCUT2D eigenvalue weighted by atomic mass is 32.2. The van der Waals surface area contributed by atoms with Crippen molar-refractivity contribution < 1.29 is 67.0 Å². The Hall–Kier alpha value is -4.94. The maximum absolute atomic E-state index is 12.7. The summed E-state index contributed by atoms with van der Waals surface area (Å²) >= 11 is 2.58. The molecule has 0 bridgehead atoms. The number of amides is 12. The van der Waals surface area contributed by atoms with Crippen molar-refractivity contribution in [3.8, 4) is 0 Å². The summed E-state index contributed by atoms with van der Waals surface area (Å²) in [4.78, 5) is 149. The first-order valence-corrected chi connectivity index (χ1v) is 21.2. The Morgan fingerprint density at radius 2 is 0.983 bits per heavy atom. The third-order valence-electron chi connectivity index (χ3n) is 8.52. The van der Waals surface area contributed by atoms with Crippen molar-refractivity contribution >= 4 is 94.4 Å². The first-order chi connectivity index (χ1) is 28.0. The lowest BCUT2D eigenvalue weighted by atomic mass is 10.1. The standard InChI is InChI=1S/C35H52N8O14S2/c1-20(44)38-32(52)22(16-28(48)36-8-12-56-14-10-42-30(50)18-24(58-3)34(42)54)40-26(46)6-5-7-27(47)41-23(33(53)39-21(2)45)17-29(49)37-9-13-57-15-11-43-31(51)19-25(59-4)35(43)55/h22-25H,5-19H2,1-4H3,(H,36,48)(H,37,49)(H,40,46)(H,41,47)(H,38,44,52)(H,39,45,53). The van der Waals surface area contributed by atoms with E-state index in [1.54, 1.807) is 12.5 Å². The van der Waals surface area contributed by atoms with Crippen LogP contribution in [0, 0.1) is 0 Å². The Morgan fingerprint density at radius 3 is 1.31 bits per heavy atom. The van der Waals surface area contributed by atoms with Gasteiger partial charge in [-0.15, -0.1) is 0 Å². The molecule has 0 aromatic rings. The summed E-state index contributed by atoms with van der Waals surface area (Å²) in [6.07, 6.45) is 1.87. The lowest BCUT2D eigenvalue weighted by Crippen LogP contribution is -2.50. The summed E-state index contributed by atoms with van der Waals surface area (Å²) in [5, 5.41) is 12.9. The monoisotopic (exact) mass is 872 g/mol. The van der Waals surface area contributed by atoms with Crippen molar-refractivity contribution in [2.45, 2.75) is 81.4 Å². The van der Waals surface area contributed by atoms with Gasteiger partial charge in [-0.3, -0.25) is 78.0 Å². The molecule has 0 spiro atoms. The second-order valence-electron chi connectivity index (χ2n) is 13.1. The number of carbonyl (C=O) groups is 12. The minimum Gasteiger partial charge on any atom is -0.378 e. The molecule has 328 valence electrons. The molecular formula is C35H52N8O14S2. The minimum absolute atomic E-state index is 0.00808. The number of thioether (sulfide) groups is 2. The summed E-state index contributed by atoms with van der Waals surface area (Å²) in [6.45, 7) is 2.34. The number of hydrogen-bond acceptors (Lipinski definition) is 16. The number of ether oxygens (including phenoxy) is 2. The van der Waals surface area contributed by atoms with Gasteiger partial charge >= 0.3 is 0 Å². The van der Waals surface area contributed by atoms with Crippen LogP contribution in [0.15, 0.2) is 0 Å². The number of hydrogen-bond donors (Lipinski definition) is 6. The zero-order chi connectivity index (χ0) is 44.1. The second-order valence-corrected chi connectivity index (χ2v) is 15.2. The number of likely N-dealkylation sites (tertiary alicyclic amines) is 2. The van der Waals surface area contributed by atoms with Gasteiger partial charge in [-0.2, -0.15) is 23.5 Å². The third kappa shape index (κ3) is 18.3. The molecule has 4 atom stereocenters. The number of nitrogens with zero attached hydrogens (tertiary/aromatic N) is 2. The number of carbonyl (C=O) groups excluding carboxylic acids is 12. The summed E-state index contributed by atoms with van der Waals surface area (Å²) in [7, 11) is 0. The van der Waals surface area contributed by atoms with Gasteiger partial charge in [-0.1, -0.05) is 0 Å². The van der Waals surface area contributed by atoms with Crippen LogP contribution in [-0.2, 0) is 67.0 Å². The Morgan fingerprint density at radius 1 is 0.610 bits per heavy atom. The normalized spacial score (nSPS) is 17.3. The molecule has 0 aromatic heterocycles. The summed E-state index contributed by atoms with van der Waals surface area (Å²) < 4.78 is 10.8. The molecule has 2 rings (SSSR count). The average Bonchev–Trinajstić information content (AvgIpc) is 3.60. The second kappa shape index (κ2) is 26.2. The van der Waals surface area contributed by atoms with Gasteiger partial charge in [0.25, 0.3) is 0 Å². The molecule has 2 heterocycles. The predicted molar refractivity (Wildman–Crippen MR) is 210 cm³/mol. The first-order valence-electron chi connectivity index (χ1n) is 18.6. The molecule has 0 aromatic carbocycles. The predicted octanol–water partition coefficient (Wildman–Crippen LogP) is -3.52. The van der Waals surface area contributed by atoms with E-state index in [9.17, 15) is 57.5 Å². The van der Waals surface area contributed by atoms with Crippen LogP contribution in [0.3, 0.4) is 0 Å². The highest BCUT2D eigenvalue weighted by Gasteiger charge is 2.38. The van der Waals surface area contributed by atoms with Crippen molar-refractivity contribution in [1.82, 2.24) is 41.7 Å². The molecule has 6 N–H and O–H groups in total. The fourth-order valence-corrected chi connectivity index (χ4v) is 6.86. The van der Waals surface area contributed by atoms with Crippen molar-refractivity contribution in [3.63, 3.8) is 0 Å². The zero-order valence-electron chi connectivity index (χ0n) is 33.3. The zero-order valence-corrected chi connectivity index (χ0v) is 35.0. The Kier molecular flexibility index (Phi) is 22.3. The molecule has 22 nitrogen and oxygen atoms in total. The largest absolute Gasteiger partial charge is 0.378 e. The highest BCUT2D eigenvalue weighted by Crippen LogP contribution is 2.23. The van der Waals surface area contributed by atoms with Crippen LogP contribution < -0.4 is 31.9 Å². The quantitative estimate of drug-likeness (QED) is 0.0363. The van der Waals surface area contributed by atoms with E-state index in [1.807, 2.05) is 10.6 Å². The molecule has 0 saturated carbocycles. The topological polar surface area (TPSA) is 302 Å². The van der Waals surface area contributed by atoms with Crippen LogP contribution in [0.2, 0.25) is 0 Å². The Labute approximate surface area is 348 Å². The van der Waals surface area contributed by atoms with Gasteiger partial charge in [0.1, 0.15) is 12.1 Å². The summed E-state index contributed by atoms with van der Waals surface area (Å²) in [5.74, 6) is -7.37. The summed E-state index contributed by atoms with van der Waals surface area (Å²) in [5.41, 5.74) is 0. The van der Waals surface area contributed by atoms with Crippen molar-refractivity contribution in [3.05, 3.63) is 0 Å². The van der Waals surface area contributed by atoms with Crippen molar-refractivity contribution in [2.24, 2.45) is 0 Å². The smallest absolute Gasteiger partial charge is 0.249 e. The van der Waals surface area contributed by atoms with Gasteiger partial charge in [0.2, 0.25) is 70.9 Å². The van der Waals surface area contributed by atoms with Crippen LogP contribution in [-0.4, -0.2) is 168 Å². The molecule has 2 fully saturated rings. The van der Waals surface area contributed by atoms with E-state index in [1.165, 1.54) is 23.5 Å². The number of nitrogens with one attached hydrogen (secondary N) is 6. The van der Waals surface area contributed by atoms with Crippen LogP contribution in [0.1, 0.15) is 58.8 Å². The van der Waals surface area contributed by atoms with Gasteiger partial charge in [0.05, 0.1) is 62.9 Å². The van der Waals surface area contributed by atoms with Crippen molar-refractivity contribution in [1.29, 1.82) is 0 Å². The fraction of sp³-hybridized carbons (Fsp3) is 0.657. The Balaban J connectivity index is 1.77. The molecular weight excluding hydrogens is 821 g/mol. The molecule has 59 heavy (non-hydrogen) atoms. The van der Waals surface area contributed by atoms with E-state index in [0.29, 0.717) is 0 Å². The van der Waals surface area contributed by atoms with Crippen LogP contribution in [0.25, 0.3) is 0 Å². The van der Waals surface area contributed by atoms with Gasteiger partial charge < -0.3 is 30.7 Å². The molecule has 24 heteroatoms. The number of rotatable bonds is 26. The molecule has 0 aliphatic carbocycles. The molecule has 2 aliphatic rings. The van der Waals surface area contributed by atoms with Crippen LogP contribution in [0.4, 0.5) is 0 Å². The fourth-order valence-electron chi connectivity index (χ4n) is 5.58. The molecule has 4 unspecified atom stereocenters. The first kappa shape index (κ1) is 50.2. The van der Waals surface area contributed by atoms with E-state index in [-0.39, 0.29) is 108 Å². The average molecular weight is 873 g/mol. The van der Waals surface area contributed by atoms with Gasteiger partial charge in [-0.05, 0) is 18.9 Å². The molecule has 2 saturated heterocycles. The van der Waals surface area contributed by atoms with Gasteiger partial charge in [0, 0.05) is 52.6 Å². The molecule has 2 aliphatic heterocycles. The van der Waals surface area contributed by atoms with Gasteiger partial charge in [-0.25, -0.2) is 0 Å². The van der Waals surface area contributed by atoms with Crippen molar-refractivity contribution in [2.75, 3.05) is 65.1 Å². The maximum atomic E-state index is 12.7. The van der Waals surface area contributed by atoms with Gasteiger partial charge in [0.15, 0.2) is 0 Å². The molecule has 12 amide bonds. The van der Waals surface area contributed by atoms with E-state index in [0.717, 1.165) is 23.6 Å². The van der Waals surface area contributed by atoms with E-state index < -0.39 is 82.7 Å². The third-order valence-corrected chi connectivity index (χ3v) is 10.4. The molecule has 0 radical (unpaired) electrons. The maximum Gasteiger partial charge on any atom is 0.249 e. The van der Waals surface area contributed by atoms with E-state index >= 15 is 0 Å². The SMILES string of the molecule is CSC1CC(=O)N(CCOCCNC(=O)CC(NC(=O)CCCC(=O)NC(CC(=O)NCCOCCN2C(=O)CC(SC)C2=O)C(=O)NC(C)=O)C(=O)NC(C)=O)C1=O. The lowest BCUT2D eigenvalue weighted by molar-refractivity contribution is -0.140. The van der Waals surface area contributed by atoms with E-state index in [4.69, 9.17) is 9.47 Å². The highest BCUT2D eigenvalue weighted by molar-refractivity contribution is 8.00. The van der Waals surface area contributed by atoms with Crippen LogP contribution >= 0.6 is 23.5 Å². The summed E-state index contributed by atoms with van der Waals surface area (Å²) in [6, 6.07) is -2.93. The number of imide groups is 4.